The van der Waals surface area contributed by atoms with E-state index in [-0.39, 0.29) is 0 Å². The van der Waals surface area contributed by atoms with Crippen molar-refractivity contribution in [3.05, 3.63) is 0 Å². The van der Waals surface area contributed by atoms with Crippen LogP contribution in [0.25, 0.3) is 0 Å². The third-order valence-corrected chi connectivity index (χ3v) is 3.73. The zero-order valence-corrected chi connectivity index (χ0v) is 11.4. The molecule has 0 unspecified atom stereocenters. The van der Waals surface area contributed by atoms with Crippen molar-refractivity contribution < 1.29 is 8.42 Å². The fourth-order valence-corrected chi connectivity index (χ4v) is 1.62. The Balaban J connectivity index is 5.36. The Morgan fingerprint density at radius 1 is 1.00 bits per heavy atom. The molecule has 0 aliphatic rings. The number of nitrogens with zero attached hydrogens (tertiary/aromatic N) is 3. The normalized spacial score (nSPS) is 12.2. The molecule has 0 fully saturated rings. The zero-order valence-electron chi connectivity index (χ0n) is 10.6. The zero-order chi connectivity index (χ0) is 12.4. The highest BCUT2D eigenvalue weighted by atomic mass is 32.2. The van der Waals surface area contributed by atoms with Crippen LogP contribution in [0.5, 0.6) is 0 Å². The lowest BCUT2D eigenvalue weighted by molar-refractivity contribution is 0.482. The maximum atomic E-state index is 11.8. The van der Waals surface area contributed by atoms with Gasteiger partial charge < -0.3 is 9.80 Å². The molecule has 0 amide bonds. The van der Waals surface area contributed by atoms with Crippen molar-refractivity contribution in [2.24, 2.45) is 4.40 Å². The largest absolute Gasteiger partial charge is 0.348 e. The second-order valence-electron chi connectivity index (χ2n) is 4.77. The van der Waals surface area contributed by atoms with Crippen LogP contribution >= 0.6 is 0 Å². The van der Waals surface area contributed by atoms with Crippen molar-refractivity contribution in [2.45, 2.75) is 25.5 Å². The second kappa shape index (κ2) is 4.38. The third kappa shape index (κ3) is 3.70. The van der Waals surface area contributed by atoms with Gasteiger partial charge in [-0.25, -0.2) is 8.42 Å². The quantitative estimate of drug-likeness (QED) is 0.493. The smallest absolute Gasteiger partial charge is 0.261 e. The molecule has 0 saturated heterocycles. The van der Waals surface area contributed by atoms with Crippen molar-refractivity contribution in [3.8, 4) is 0 Å². The second-order valence-corrected chi connectivity index (χ2v) is 7.13. The number of hydrogen-bond acceptors (Lipinski definition) is 2. The summed E-state index contributed by atoms with van der Waals surface area (Å²) in [4.78, 5) is 3.34. The Bertz CT molecular complexity index is 327. The van der Waals surface area contributed by atoms with Crippen LogP contribution in [-0.2, 0) is 10.0 Å². The van der Waals surface area contributed by atoms with E-state index in [1.807, 2.05) is 0 Å². The predicted molar refractivity (Wildman–Crippen MR) is 63.5 cm³/mol. The first-order chi connectivity index (χ1) is 6.49. The molecule has 0 radical (unpaired) electrons. The van der Waals surface area contributed by atoms with Crippen LogP contribution in [0.1, 0.15) is 20.8 Å². The highest BCUT2D eigenvalue weighted by Gasteiger charge is 2.29. The van der Waals surface area contributed by atoms with Crippen LogP contribution in [0.15, 0.2) is 4.40 Å². The minimum Gasteiger partial charge on any atom is -0.348 e. The van der Waals surface area contributed by atoms with E-state index in [4.69, 9.17) is 0 Å². The fraction of sp³-hybridized carbons (Fsp3) is 0.889. The average Bonchev–Trinajstić information content (AvgIpc) is 1.96. The number of hydrogen-bond donors (Lipinski definition) is 0. The van der Waals surface area contributed by atoms with Gasteiger partial charge in [0.15, 0.2) is 0 Å². The molecular formula is C9H21N3O2S. The van der Waals surface area contributed by atoms with E-state index < -0.39 is 14.8 Å². The molecule has 0 bridgehead atoms. The highest BCUT2D eigenvalue weighted by Crippen LogP contribution is 2.17. The van der Waals surface area contributed by atoms with Gasteiger partial charge in [0.2, 0.25) is 5.96 Å². The van der Waals surface area contributed by atoms with Crippen molar-refractivity contribution >= 4 is 16.0 Å². The molecule has 0 atom stereocenters. The average molecular weight is 235 g/mol. The van der Waals surface area contributed by atoms with Gasteiger partial charge in [-0.05, 0) is 20.8 Å². The number of rotatable bonds is 1. The van der Waals surface area contributed by atoms with Crippen molar-refractivity contribution in [2.75, 3.05) is 28.2 Å². The van der Waals surface area contributed by atoms with E-state index in [9.17, 15) is 8.42 Å². The lowest BCUT2D eigenvalue weighted by Crippen LogP contribution is -2.38. The summed E-state index contributed by atoms with van der Waals surface area (Å²) in [6.07, 6.45) is 0. The molecule has 90 valence electrons. The number of sulfonamides is 1. The molecule has 0 saturated carbocycles. The first-order valence-corrected chi connectivity index (χ1v) is 6.12. The maximum Gasteiger partial charge on any atom is 0.261 e. The molecule has 0 spiro atoms. The summed E-state index contributed by atoms with van der Waals surface area (Å²) < 4.78 is 26.6. The van der Waals surface area contributed by atoms with Crippen LogP contribution in [0.3, 0.4) is 0 Å². The molecular weight excluding hydrogens is 214 g/mol. The van der Waals surface area contributed by atoms with Crippen molar-refractivity contribution in [1.82, 2.24) is 9.80 Å². The van der Waals surface area contributed by atoms with Gasteiger partial charge in [0.1, 0.15) is 0 Å². The van der Waals surface area contributed by atoms with Gasteiger partial charge in [-0.2, -0.15) is 0 Å². The fourth-order valence-electron chi connectivity index (χ4n) is 0.808. The number of guanidine groups is 1. The van der Waals surface area contributed by atoms with E-state index in [2.05, 4.69) is 4.40 Å². The van der Waals surface area contributed by atoms with E-state index in [1.165, 1.54) is 0 Å². The van der Waals surface area contributed by atoms with Crippen LogP contribution in [0, 0.1) is 0 Å². The Kier molecular flexibility index (Phi) is 4.16. The molecule has 0 aromatic heterocycles. The van der Waals surface area contributed by atoms with Crippen molar-refractivity contribution in [1.29, 1.82) is 0 Å². The Labute approximate surface area is 92.8 Å². The Morgan fingerprint density at radius 3 is 1.53 bits per heavy atom. The molecule has 0 aliphatic heterocycles. The monoisotopic (exact) mass is 235 g/mol. The highest BCUT2D eigenvalue weighted by molar-refractivity contribution is 7.91. The Morgan fingerprint density at radius 2 is 1.33 bits per heavy atom. The van der Waals surface area contributed by atoms with Crippen molar-refractivity contribution in [3.63, 3.8) is 0 Å². The summed E-state index contributed by atoms with van der Waals surface area (Å²) in [6, 6.07) is 0. The first kappa shape index (κ1) is 14.2. The minimum atomic E-state index is -3.48. The van der Waals surface area contributed by atoms with E-state index in [1.54, 1.807) is 58.8 Å². The van der Waals surface area contributed by atoms with Gasteiger partial charge in [0.25, 0.3) is 10.0 Å². The maximum absolute atomic E-state index is 11.8. The summed E-state index contributed by atoms with van der Waals surface area (Å²) in [5.74, 6) is 0.421. The lowest BCUT2D eigenvalue weighted by Gasteiger charge is -2.24. The van der Waals surface area contributed by atoms with E-state index in [0.29, 0.717) is 5.96 Å². The predicted octanol–water partition coefficient (Wildman–Crippen LogP) is 0.594. The van der Waals surface area contributed by atoms with Gasteiger partial charge >= 0.3 is 0 Å². The summed E-state index contributed by atoms with van der Waals surface area (Å²) in [7, 11) is 3.56. The lowest BCUT2D eigenvalue weighted by atomic mass is 10.3. The third-order valence-electron chi connectivity index (χ3n) is 1.78. The molecule has 0 aromatic rings. The van der Waals surface area contributed by atoms with E-state index >= 15 is 0 Å². The van der Waals surface area contributed by atoms with Crippen LogP contribution in [0.2, 0.25) is 0 Å². The topological polar surface area (TPSA) is 53.0 Å². The van der Waals surface area contributed by atoms with E-state index in [0.717, 1.165) is 0 Å². The molecule has 0 aromatic carbocycles. The molecule has 5 nitrogen and oxygen atoms in total. The van der Waals surface area contributed by atoms with Crippen LogP contribution in [-0.4, -0.2) is 57.1 Å². The Hall–Kier alpha value is -0.780. The van der Waals surface area contributed by atoms with Crippen LogP contribution in [0.4, 0.5) is 0 Å². The molecule has 0 rings (SSSR count). The minimum absolute atomic E-state index is 0.421. The van der Waals surface area contributed by atoms with Gasteiger partial charge in [-0.15, -0.1) is 4.40 Å². The first-order valence-electron chi connectivity index (χ1n) is 4.68. The molecule has 15 heavy (non-hydrogen) atoms. The van der Waals surface area contributed by atoms with Gasteiger partial charge in [-0.1, -0.05) is 0 Å². The molecule has 0 heterocycles. The SMILES string of the molecule is CN(C)C(=NS(=O)(=O)C(C)(C)C)N(C)C. The standard InChI is InChI=1S/C9H21N3O2S/c1-9(2,3)15(13,14)10-8(11(4)5)12(6)7/h1-7H3. The van der Waals surface area contributed by atoms with Crippen LogP contribution < -0.4 is 0 Å². The summed E-state index contributed by atoms with van der Waals surface area (Å²) in [5.41, 5.74) is 0. The van der Waals surface area contributed by atoms with Gasteiger partial charge in [0, 0.05) is 28.2 Å². The van der Waals surface area contributed by atoms with Gasteiger partial charge in [-0.3, -0.25) is 0 Å². The van der Waals surface area contributed by atoms with Gasteiger partial charge in [0.05, 0.1) is 4.75 Å². The molecule has 0 N–H and O–H groups in total. The summed E-state index contributed by atoms with van der Waals surface area (Å²) >= 11 is 0. The summed E-state index contributed by atoms with van der Waals surface area (Å²) in [5, 5.41) is 0. The molecule has 0 aliphatic carbocycles. The summed E-state index contributed by atoms with van der Waals surface area (Å²) in [6.45, 7) is 4.90. The molecule has 6 heteroatoms.